The third-order valence-corrected chi connectivity index (χ3v) is 4.28. The smallest absolute Gasteiger partial charge is 0.250 e. The molecule has 3 aromatic rings. The fourth-order valence-corrected chi connectivity index (χ4v) is 2.82. The first-order valence-corrected chi connectivity index (χ1v) is 8.35. The average molecular weight is 338 g/mol. The van der Waals surface area contributed by atoms with Crippen molar-refractivity contribution in [3.63, 3.8) is 0 Å². The predicted molar refractivity (Wildman–Crippen MR) is 95.1 cm³/mol. The number of nitrogens with one attached hydrogen (secondary N) is 2. The first kappa shape index (κ1) is 16.0. The Hall–Kier alpha value is -2.86. The largest absolute Gasteiger partial charge is 0.507 e. The number of hydrogen-bond donors (Lipinski definition) is 2. The molecule has 5 nitrogen and oxygen atoms in total. The molecule has 0 atom stereocenters. The first-order valence-electron chi connectivity index (χ1n) is 7.36. The van der Waals surface area contributed by atoms with Crippen LogP contribution < -0.4 is 10.4 Å². The fraction of sp³-hybridized carbons (Fsp3) is 0.0556. The molecule has 1 amide bonds. The quantitative estimate of drug-likeness (QED) is 0.426. The lowest BCUT2D eigenvalue weighted by Crippen LogP contribution is -2.20. The number of thioether (sulfide) groups is 1. The number of aromatic nitrogens is 1. The Morgan fingerprint density at radius 1 is 1.12 bits per heavy atom. The number of fused-ring (bicyclic) bond motifs is 1. The van der Waals surface area contributed by atoms with Crippen molar-refractivity contribution in [1.82, 2.24) is 5.43 Å². The van der Waals surface area contributed by atoms with Gasteiger partial charge in [-0.25, -0.2) is 5.43 Å². The van der Waals surface area contributed by atoms with Gasteiger partial charge < -0.3 is 5.11 Å². The lowest BCUT2D eigenvalue weighted by Gasteiger charge is -1.99. The maximum Gasteiger partial charge on any atom is 0.250 e. The molecule has 0 aliphatic carbocycles. The molecule has 0 unspecified atom stereocenters. The van der Waals surface area contributed by atoms with Gasteiger partial charge >= 0.3 is 0 Å². The van der Waals surface area contributed by atoms with Crippen molar-refractivity contribution < 1.29 is 14.9 Å². The lowest BCUT2D eigenvalue weighted by molar-refractivity contribution is -0.395. The number of nitrogens with zero attached hydrogens (tertiary/aromatic N) is 1. The van der Waals surface area contributed by atoms with Crippen LogP contribution in [0.3, 0.4) is 0 Å². The van der Waals surface area contributed by atoms with E-state index in [0.29, 0.717) is 5.56 Å². The Balaban J connectivity index is 1.54. The van der Waals surface area contributed by atoms with Crippen LogP contribution in [0.2, 0.25) is 0 Å². The molecule has 120 valence electrons. The van der Waals surface area contributed by atoms with E-state index in [1.54, 1.807) is 24.3 Å². The summed E-state index contributed by atoms with van der Waals surface area (Å²) in [5.74, 6) is 0.149. The summed E-state index contributed by atoms with van der Waals surface area (Å²) in [4.78, 5) is 15.1. The van der Waals surface area contributed by atoms with Crippen LogP contribution >= 0.6 is 11.8 Å². The highest BCUT2D eigenvalue weighted by Crippen LogP contribution is 2.16. The molecule has 0 radical (unpaired) electrons. The summed E-state index contributed by atoms with van der Waals surface area (Å²) in [5, 5.41) is 15.5. The van der Waals surface area contributed by atoms with Crippen LogP contribution in [0.15, 0.2) is 70.8 Å². The number of aromatic hydroxyl groups is 1. The minimum absolute atomic E-state index is 0.121. The van der Waals surface area contributed by atoms with E-state index >= 15 is 0 Å². The molecule has 0 saturated heterocycles. The number of amides is 1. The van der Waals surface area contributed by atoms with Crippen LogP contribution in [-0.4, -0.2) is 23.0 Å². The van der Waals surface area contributed by atoms with E-state index in [1.165, 1.54) is 18.0 Å². The van der Waals surface area contributed by atoms with E-state index in [4.69, 9.17) is 0 Å². The number of hydrogen-bond acceptors (Lipinski definition) is 4. The second kappa shape index (κ2) is 7.61. The van der Waals surface area contributed by atoms with Gasteiger partial charge in [0.1, 0.15) is 5.75 Å². The predicted octanol–water partition coefficient (Wildman–Crippen LogP) is 2.60. The molecule has 3 N–H and O–H groups in total. The van der Waals surface area contributed by atoms with Crippen molar-refractivity contribution in [3.8, 4) is 5.75 Å². The van der Waals surface area contributed by atoms with E-state index in [-0.39, 0.29) is 17.4 Å². The minimum Gasteiger partial charge on any atom is -0.507 e. The Morgan fingerprint density at radius 3 is 2.79 bits per heavy atom. The summed E-state index contributed by atoms with van der Waals surface area (Å²) in [7, 11) is 0. The van der Waals surface area contributed by atoms with Crippen molar-refractivity contribution in [1.29, 1.82) is 0 Å². The molecule has 24 heavy (non-hydrogen) atoms. The zero-order valence-corrected chi connectivity index (χ0v) is 13.6. The van der Waals surface area contributed by atoms with Crippen LogP contribution in [0.1, 0.15) is 5.56 Å². The number of para-hydroxylation sites is 2. The second-order valence-electron chi connectivity index (χ2n) is 5.05. The molecular weight excluding hydrogens is 322 g/mol. The molecule has 6 heteroatoms. The molecule has 1 heterocycles. The van der Waals surface area contributed by atoms with Gasteiger partial charge in [-0.1, -0.05) is 24.3 Å². The summed E-state index contributed by atoms with van der Waals surface area (Å²) in [5.41, 5.74) is 4.03. The Morgan fingerprint density at radius 2 is 1.92 bits per heavy atom. The van der Waals surface area contributed by atoms with Gasteiger partial charge in [0.25, 0.3) is 5.91 Å². The molecule has 0 fully saturated rings. The Labute approximate surface area is 143 Å². The third kappa shape index (κ3) is 4.11. The summed E-state index contributed by atoms with van der Waals surface area (Å²) in [6, 6.07) is 18.7. The van der Waals surface area contributed by atoms with E-state index in [0.717, 1.165) is 15.9 Å². The van der Waals surface area contributed by atoms with Gasteiger partial charge in [-0.3, -0.25) is 4.79 Å². The number of rotatable bonds is 5. The van der Waals surface area contributed by atoms with E-state index < -0.39 is 0 Å². The SMILES string of the molecule is O=C(CSc1ccc2ccccc2[nH+]1)N/N=C/c1ccccc1O. The average Bonchev–Trinajstić information content (AvgIpc) is 2.61. The van der Waals surface area contributed by atoms with Crippen LogP contribution in [0.4, 0.5) is 0 Å². The van der Waals surface area contributed by atoms with Gasteiger partial charge in [-0.15, -0.1) is 0 Å². The number of phenols is 1. The van der Waals surface area contributed by atoms with Crippen LogP contribution in [-0.2, 0) is 4.79 Å². The van der Waals surface area contributed by atoms with E-state index in [9.17, 15) is 9.90 Å². The van der Waals surface area contributed by atoms with Gasteiger partial charge in [0.2, 0.25) is 10.5 Å². The van der Waals surface area contributed by atoms with Crippen LogP contribution in [0.25, 0.3) is 10.9 Å². The van der Waals surface area contributed by atoms with Crippen LogP contribution in [0, 0.1) is 0 Å². The van der Waals surface area contributed by atoms with Crippen LogP contribution in [0.5, 0.6) is 5.75 Å². The summed E-state index contributed by atoms with van der Waals surface area (Å²) in [6.07, 6.45) is 1.42. The topological polar surface area (TPSA) is 75.8 Å². The zero-order valence-electron chi connectivity index (χ0n) is 12.8. The number of carbonyl (C=O) groups is 1. The highest BCUT2D eigenvalue weighted by atomic mass is 32.2. The van der Waals surface area contributed by atoms with E-state index in [1.807, 2.05) is 36.4 Å². The van der Waals surface area contributed by atoms with Crippen molar-refractivity contribution in [3.05, 3.63) is 66.2 Å². The second-order valence-corrected chi connectivity index (χ2v) is 6.07. The minimum atomic E-state index is -0.215. The summed E-state index contributed by atoms with van der Waals surface area (Å²) >= 11 is 1.40. The molecule has 0 saturated carbocycles. The molecule has 2 aromatic carbocycles. The van der Waals surface area contributed by atoms with Crippen molar-refractivity contribution in [2.45, 2.75) is 5.03 Å². The molecular formula is C18H16N3O2S+. The van der Waals surface area contributed by atoms with E-state index in [2.05, 4.69) is 15.5 Å². The Bertz CT molecular complexity index is 896. The number of pyridine rings is 1. The van der Waals surface area contributed by atoms with Crippen molar-refractivity contribution in [2.24, 2.45) is 5.10 Å². The fourth-order valence-electron chi connectivity index (χ4n) is 2.13. The van der Waals surface area contributed by atoms with Gasteiger partial charge in [0.05, 0.1) is 12.0 Å². The monoisotopic (exact) mass is 338 g/mol. The number of H-pyrrole nitrogens is 1. The maximum atomic E-state index is 11.8. The van der Waals surface area contributed by atoms with Gasteiger partial charge in [-0.2, -0.15) is 10.1 Å². The third-order valence-electron chi connectivity index (χ3n) is 3.32. The highest BCUT2D eigenvalue weighted by molar-refractivity contribution is 7.99. The standard InChI is InChI=1S/C18H15N3O2S/c22-16-8-4-2-6-14(16)11-19-21-17(23)12-24-18-10-9-13-5-1-3-7-15(13)20-18/h1-11,22H,12H2,(H,21,23)/p+1/b19-11+. The van der Waals surface area contributed by atoms with Gasteiger partial charge in [-0.05, 0) is 36.0 Å². The molecule has 0 bridgehead atoms. The molecule has 0 aliphatic heterocycles. The highest BCUT2D eigenvalue weighted by Gasteiger charge is 2.08. The molecule has 0 spiro atoms. The summed E-state index contributed by atoms with van der Waals surface area (Å²) in [6.45, 7) is 0. The zero-order chi connectivity index (χ0) is 16.8. The number of hydrazone groups is 1. The first-order chi connectivity index (χ1) is 11.7. The normalized spacial score (nSPS) is 11.0. The maximum absolute atomic E-state index is 11.8. The van der Waals surface area contributed by atoms with Crippen molar-refractivity contribution >= 4 is 34.8 Å². The van der Waals surface area contributed by atoms with Gasteiger partial charge in [0.15, 0.2) is 0 Å². The molecule has 0 aliphatic rings. The molecule has 3 rings (SSSR count). The number of phenolic OH excluding ortho intramolecular Hbond substituents is 1. The lowest BCUT2D eigenvalue weighted by atomic mass is 10.2. The van der Waals surface area contributed by atoms with Gasteiger partial charge in [0, 0.05) is 23.1 Å². The number of benzene rings is 2. The number of aromatic amines is 1. The Kier molecular flexibility index (Phi) is 5.08. The number of carbonyl (C=O) groups excluding carboxylic acids is 1. The van der Waals surface area contributed by atoms with Crippen molar-refractivity contribution in [2.75, 3.05) is 5.75 Å². The summed E-state index contributed by atoms with van der Waals surface area (Å²) < 4.78 is 0. The molecule has 1 aromatic heterocycles.